The maximum absolute atomic E-state index is 3.10. The molecule has 1 heteroatoms. The molecular weight excluding hydrogens is 146 g/mol. The molecule has 0 saturated carbocycles. The first-order valence-electron chi connectivity index (χ1n) is 3.98. The largest absolute Gasteiger partial charge is 0.315 e. The highest BCUT2D eigenvalue weighted by Crippen LogP contribution is 2.09. The number of nitrogens with zero attached hydrogens (tertiary/aromatic N) is 1. The lowest BCUT2D eigenvalue weighted by Crippen LogP contribution is -1.89. The SMILES string of the molecule is Cc1cccc(-n2[c]ccc2)c1. The van der Waals surface area contributed by atoms with Crippen molar-refractivity contribution in [3.8, 4) is 5.69 Å². The standard InChI is InChI=1S/C11H10N/c1-10-5-4-6-11(9-10)12-7-2-3-8-12/h2-7,9H,1H3. The maximum atomic E-state index is 3.10. The topological polar surface area (TPSA) is 4.93 Å². The fourth-order valence-electron chi connectivity index (χ4n) is 1.23. The summed E-state index contributed by atoms with van der Waals surface area (Å²) < 4.78 is 1.98. The van der Waals surface area contributed by atoms with Crippen LogP contribution in [0.15, 0.2) is 42.6 Å². The molecule has 0 atom stereocenters. The molecule has 0 aliphatic rings. The van der Waals surface area contributed by atoms with E-state index in [1.165, 1.54) is 11.3 Å². The highest BCUT2D eigenvalue weighted by Gasteiger charge is 1.93. The average Bonchev–Trinajstić information content (AvgIpc) is 2.56. The lowest BCUT2D eigenvalue weighted by Gasteiger charge is -2.01. The second-order valence-electron chi connectivity index (χ2n) is 2.85. The van der Waals surface area contributed by atoms with Gasteiger partial charge in [-0.3, -0.25) is 0 Å². The van der Waals surface area contributed by atoms with Gasteiger partial charge in [-0.25, -0.2) is 0 Å². The molecule has 0 spiro atoms. The van der Waals surface area contributed by atoms with Crippen molar-refractivity contribution in [2.75, 3.05) is 0 Å². The van der Waals surface area contributed by atoms with E-state index in [1.54, 1.807) is 0 Å². The van der Waals surface area contributed by atoms with Crippen LogP contribution >= 0.6 is 0 Å². The van der Waals surface area contributed by atoms with Gasteiger partial charge in [0.1, 0.15) is 0 Å². The van der Waals surface area contributed by atoms with Crippen molar-refractivity contribution < 1.29 is 0 Å². The number of hydrogen-bond acceptors (Lipinski definition) is 0. The minimum atomic E-state index is 1.17. The lowest BCUT2D eigenvalue weighted by atomic mass is 10.2. The maximum Gasteiger partial charge on any atom is 0.0697 e. The van der Waals surface area contributed by atoms with E-state index in [4.69, 9.17) is 0 Å². The molecule has 1 heterocycles. The van der Waals surface area contributed by atoms with Crippen LogP contribution in [0.2, 0.25) is 0 Å². The smallest absolute Gasteiger partial charge is 0.0697 e. The summed E-state index contributed by atoms with van der Waals surface area (Å²) in [5.41, 5.74) is 2.44. The Kier molecular flexibility index (Phi) is 1.71. The average molecular weight is 156 g/mol. The van der Waals surface area contributed by atoms with Crippen molar-refractivity contribution in [2.45, 2.75) is 6.92 Å². The van der Waals surface area contributed by atoms with E-state index in [0.717, 1.165) is 0 Å². The monoisotopic (exact) mass is 156 g/mol. The van der Waals surface area contributed by atoms with E-state index in [9.17, 15) is 0 Å². The van der Waals surface area contributed by atoms with Crippen molar-refractivity contribution in [3.05, 3.63) is 54.4 Å². The zero-order valence-electron chi connectivity index (χ0n) is 6.99. The zero-order chi connectivity index (χ0) is 8.39. The molecule has 1 aromatic heterocycles. The van der Waals surface area contributed by atoms with Gasteiger partial charge in [-0.05, 0) is 36.8 Å². The van der Waals surface area contributed by atoms with E-state index >= 15 is 0 Å². The van der Waals surface area contributed by atoms with E-state index in [1.807, 2.05) is 22.9 Å². The van der Waals surface area contributed by atoms with Gasteiger partial charge in [0.15, 0.2) is 0 Å². The molecule has 0 N–H and O–H groups in total. The fraction of sp³-hybridized carbons (Fsp3) is 0.0909. The molecule has 1 aromatic carbocycles. The molecular formula is C11H10N. The van der Waals surface area contributed by atoms with Gasteiger partial charge in [-0.1, -0.05) is 12.1 Å². The fourth-order valence-corrected chi connectivity index (χ4v) is 1.23. The molecule has 1 radical (unpaired) electrons. The third-order valence-electron chi connectivity index (χ3n) is 1.82. The van der Waals surface area contributed by atoms with Crippen LogP contribution in [0.1, 0.15) is 5.56 Å². The van der Waals surface area contributed by atoms with Crippen molar-refractivity contribution in [1.82, 2.24) is 4.57 Å². The summed E-state index contributed by atoms with van der Waals surface area (Å²) in [7, 11) is 0. The Balaban J connectivity index is 2.48. The Bertz CT molecular complexity index is 360. The Morgan fingerprint density at radius 3 is 2.83 bits per heavy atom. The van der Waals surface area contributed by atoms with Crippen LogP contribution in [0.5, 0.6) is 0 Å². The van der Waals surface area contributed by atoms with Gasteiger partial charge < -0.3 is 4.57 Å². The number of hydrogen-bond donors (Lipinski definition) is 0. The predicted molar refractivity (Wildman–Crippen MR) is 49.3 cm³/mol. The third kappa shape index (κ3) is 1.26. The second kappa shape index (κ2) is 2.86. The molecule has 0 unspecified atom stereocenters. The Morgan fingerprint density at radius 2 is 2.17 bits per heavy atom. The first-order chi connectivity index (χ1) is 5.86. The Hall–Kier alpha value is -1.50. The van der Waals surface area contributed by atoms with Crippen LogP contribution in [-0.2, 0) is 0 Å². The number of benzene rings is 1. The number of aryl methyl sites for hydroxylation is 1. The molecule has 59 valence electrons. The summed E-state index contributed by atoms with van der Waals surface area (Å²) in [4.78, 5) is 0. The summed E-state index contributed by atoms with van der Waals surface area (Å²) in [5, 5.41) is 0. The molecule has 2 rings (SSSR count). The summed E-state index contributed by atoms with van der Waals surface area (Å²) in [5.74, 6) is 0. The van der Waals surface area contributed by atoms with Gasteiger partial charge in [0.05, 0.1) is 6.20 Å². The van der Waals surface area contributed by atoms with Crippen LogP contribution in [0, 0.1) is 13.1 Å². The predicted octanol–water partition coefficient (Wildman–Crippen LogP) is 2.59. The minimum absolute atomic E-state index is 1.17. The van der Waals surface area contributed by atoms with Gasteiger partial charge in [-0.15, -0.1) is 0 Å². The summed E-state index contributed by atoms with van der Waals surface area (Å²) in [6.07, 6.45) is 5.09. The molecule has 2 aromatic rings. The molecule has 0 saturated heterocycles. The van der Waals surface area contributed by atoms with Crippen LogP contribution in [-0.4, -0.2) is 4.57 Å². The van der Waals surface area contributed by atoms with Gasteiger partial charge in [0.2, 0.25) is 0 Å². The third-order valence-corrected chi connectivity index (χ3v) is 1.82. The highest BCUT2D eigenvalue weighted by atomic mass is 14.9. The van der Waals surface area contributed by atoms with Crippen molar-refractivity contribution >= 4 is 0 Å². The van der Waals surface area contributed by atoms with Crippen molar-refractivity contribution in [3.63, 3.8) is 0 Å². The molecule has 1 nitrogen and oxygen atoms in total. The first-order valence-corrected chi connectivity index (χ1v) is 3.98. The summed E-state index contributed by atoms with van der Waals surface area (Å²) in [6.45, 7) is 2.09. The number of aromatic nitrogens is 1. The molecule has 0 amide bonds. The molecule has 0 aliphatic heterocycles. The van der Waals surface area contributed by atoms with Crippen LogP contribution in [0.4, 0.5) is 0 Å². The van der Waals surface area contributed by atoms with E-state index < -0.39 is 0 Å². The van der Waals surface area contributed by atoms with Crippen LogP contribution in [0.3, 0.4) is 0 Å². The van der Waals surface area contributed by atoms with E-state index in [0.29, 0.717) is 0 Å². The molecule has 0 aliphatic carbocycles. The second-order valence-corrected chi connectivity index (χ2v) is 2.85. The van der Waals surface area contributed by atoms with Crippen molar-refractivity contribution in [2.24, 2.45) is 0 Å². The minimum Gasteiger partial charge on any atom is -0.315 e. The number of rotatable bonds is 1. The Labute approximate surface area is 72.3 Å². The van der Waals surface area contributed by atoms with E-state index in [2.05, 4.69) is 37.4 Å². The van der Waals surface area contributed by atoms with Gasteiger partial charge in [0, 0.05) is 11.9 Å². The Morgan fingerprint density at radius 1 is 1.25 bits per heavy atom. The van der Waals surface area contributed by atoms with Gasteiger partial charge in [-0.2, -0.15) is 0 Å². The summed E-state index contributed by atoms with van der Waals surface area (Å²) >= 11 is 0. The highest BCUT2D eigenvalue weighted by molar-refractivity contribution is 5.35. The quantitative estimate of drug-likeness (QED) is 0.598. The normalized spacial score (nSPS) is 10.1. The van der Waals surface area contributed by atoms with Gasteiger partial charge in [0.25, 0.3) is 0 Å². The summed E-state index contributed by atoms with van der Waals surface area (Å²) in [6, 6.07) is 12.2. The van der Waals surface area contributed by atoms with Crippen LogP contribution in [0.25, 0.3) is 5.69 Å². The molecule has 0 bridgehead atoms. The van der Waals surface area contributed by atoms with E-state index in [-0.39, 0.29) is 0 Å². The van der Waals surface area contributed by atoms with Gasteiger partial charge >= 0.3 is 0 Å². The molecule has 12 heavy (non-hydrogen) atoms. The van der Waals surface area contributed by atoms with Crippen molar-refractivity contribution in [1.29, 1.82) is 0 Å². The first kappa shape index (κ1) is 7.17. The zero-order valence-corrected chi connectivity index (χ0v) is 6.99. The van der Waals surface area contributed by atoms with Crippen LogP contribution < -0.4 is 0 Å². The molecule has 0 fully saturated rings. The lowest BCUT2D eigenvalue weighted by molar-refractivity contribution is 1.07.